The minimum absolute atomic E-state index is 1.42. The minimum Gasteiger partial charge on any atom is -0.205 e. The molecular formula is C14F9. The zero-order valence-corrected chi connectivity index (χ0v) is 10.4. The number of fused-ring (bicyclic) bond motifs is 2. The van der Waals surface area contributed by atoms with Gasteiger partial charge in [-0.3, -0.25) is 0 Å². The summed E-state index contributed by atoms with van der Waals surface area (Å²) in [5.74, 6) is -20.5. The van der Waals surface area contributed by atoms with Crippen molar-refractivity contribution in [3.05, 3.63) is 58.4 Å². The number of rotatable bonds is 0. The Labute approximate surface area is 120 Å². The fraction of sp³-hybridized carbons (Fsp3) is 0. The van der Waals surface area contributed by atoms with Gasteiger partial charge in [0, 0.05) is 16.8 Å². The van der Waals surface area contributed by atoms with Crippen molar-refractivity contribution in [3.63, 3.8) is 0 Å². The first-order chi connectivity index (χ1) is 10.7. The van der Waals surface area contributed by atoms with Gasteiger partial charge in [-0.25, -0.2) is 39.5 Å². The summed E-state index contributed by atoms with van der Waals surface area (Å²) in [7, 11) is 0. The standard InChI is InChI=1S/C14F9/c15-6-2-1-3-5(10(19)14(23)12(21)7(3)16)8(17)4(2)9(18)13(22)11(6)20. The lowest BCUT2D eigenvalue weighted by molar-refractivity contribution is 0.413. The lowest BCUT2D eigenvalue weighted by Crippen LogP contribution is -2.04. The molecule has 9 heteroatoms. The minimum atomic E-state index is -2.41. The maximum Gasteiger partial charge on any atom is 0.198 e. The molecule has 0 aliphatic rings. The van der Waals surface area contributed by atoms with Crippen LogP contribution in [0.15, 0.2) is 0 Å². The van der Waals surface area contributed by atoms with E-state index in [4.69, 9.17) is 0 Å². The first-order valence-electron chi connectivity index (χ1n) is 5.70. The quantitative estimate of drug-likeness (QED) is 0.233. The van der Waals surface area contributed by atoms with Crippen LogP contribution in [0, 0.1) is 58.4 Å². The van der Waals surface area contributed by atoms with Crippen molar-refractivity contribution >= 4 is 21.5 Å². The molecule has 0 N–H and O–H groups in total. The summed E-state index contributed by atoms with van der Waals surface area (Å²) < 4.78 is 121. The number of halogens is 9. The summed E-state index contributed by atoms with van der Waals surface area (Å²) in [6, 6.07) is 1.52. The molecule has 0 aliphatic carbocycles. The van der Waals surface area contributed by atoms with Crippen LogP contribution in [-0.4, -0.2) is 0 Å². The van der Waals surface area contributed by atoms with E-state index in [1.165, 1.54) is 6.07 Å². The molecule has 3 aromatic rings. The highest BCUT2D eigenvalue weighted by atomic mass is 19.2. The third-order valence-electron chi connectivity index (χ3n) is 3.22. The predicted octanol–water partition coefficient (Wildman–Crippen LogP) is 5.05. The van der Waals surface area contributed by atoms with E-state index in [9.17, 15) is 39.5 Å². The van der Waals surface area contributed by atoms with Crippen LogP contribution in [0.1, 0.15) is 0 Å². The molecule has 0 fully saturated rings. The zero-order chi connectivity index (χ0) is 17.2. The second-order valence-electron chi connectivity index (χ2n) is 4.45. The van der Waals surface area contributed by atoms with Gasteiger partial charge >= 0.3 is 0 Å². The Kier molecular flexibility index (Phi) is 3.20. The monoisotopic (exact) mass is 339 g/mol. The van der Waals surface area contributed by atoms with E-state index in [2.05, 4.69) is 0 Å². The first kappa shape index (κ1) is 15.4. The van der Waals surface area contributed by atoms with E-state index in [-0.39, 0.29) is 0 Å². The van der Waals surface area contributed by atoms with Gasteiger partial charge in [0.2, 0.25) is 0 Å². The molecule has 0 amide bonds. The third-order valence-corrected chi connectivity index (χ3v) is 3.22. The Hall–Kier alpha value is -2.45. The summed E-state index contributed by atoms with van der Waals surface area (Å²) in [4.78, 5) is 0. The Balaban J connectivity index is 2.73. The van der Waals surface area contributed by atoms with Crippen molar-refractivity contribution < 1.29 is 39.5 Å². The van der Waals surface area contributed by atoms with E-state index in [1.54, 1.807) is 0 Å². The third kappa shape index (κ3) is 1.82. The number of hydrogen-bond donors (Lipinski definition) is 0. The van der Waals surface area contributed by atoms with Crippen LogP contribution in [0.4, 0.5) is 39.5 Å². The van der Waals surface area contributed by atoms with Crippen molar-refractivity contribution in [1.82, 2.24) is 0 Å². The van der Waals surface area contributed by atoms with Gasteiger partial charge in [0.15, 0.2) is 46.5 Å². The Morgan fingerprint density at radius 3 is 1.00 bits per heavy atom. The lowest BCUT2D eigenvalue weighted by Gasteiger charge is -2.10. The molecule has 0 aliphatic heterocycles. The van der Waals surface area contributed by atoms with Crippen molar-refractivity contribution in [2.24, 2.45) is 0 Å². The molecule has 0 heterocycles. The van der Waals surface area contributed by atoms with Crippen LogP contribution in [0.5, 0.6) is 0 Å². The summed E-state index contributed by atoms with van der Waals surface area (Å²) >= 11 is 0. The molecule has 0 nitrogen and oxygen atoms in total. The normalized spacial score (nSPS) is 11.7. The molecule has 0 saturated carbocycles. The lowest BCUT2D eigenvalue weighted by atomic mass is 10.00. The average molecular weight is 339 g/mol. The van der Waals surface area contributed by atoms with Gasteiger partial charge in [0.25, 0.3) is 0 Å². The number of benzene rings is 3. The van der Waals surface area contributed by atoms with Crippen LogP contribution in [0.3, 0.4) is 0 Å². The molecule has 0 aromatic heterocycles. The van der Waals surface area contributed by atoms with Gasteiger partial charge in [-0.15, -0.1) is 0 Å². The van der Waals surface area contributed by atoms with Gasteiger partial charge in [-0.2, -0.15) is 0 Å². The predicted molar refractivity (Wildman–Crippen MR) is 59.9 cm³/mol. The first-order valence-corrected chi connectivity index (χ1v) is 5.70. The average Bonchev–Trinajstić information content (AvgIpc) is 2.53. The van der Waals surface area contributed by atoms with Crippen molar-refractivity contribution in [2.45, 2.75) is 0 Å². The molecule has 0 unspecified atom stereocenters. The molecule has 1 radical (unpaired) electrons. The fourth-order valence-electron chi connectivity index (χ4n) is 2.16. The largest absolute Gasteiger partial charge is 0.205 e. The Morgan fingerprint density at radius 2 is 0.652 bits per heavy atom. The molecule has 119 valence electrons. The fourth-order valence-corrected chi connectivity index (χ4v) is 2.16. The molecule has 3 aromatic carbocycles. The molecule has 0 spiro atoms. The van der Waals surface area contributed by atoms with Gasteiger partial charge < -0.3 is 0 Å². The van der Waals surface area contributed by atoms with E-state index in [0.717, 1.165) is 0 Å². The maximum absolute atomic E-state index is 14.2. The summed E-state index contributed by atoms with van der Waals surface area (Å²) in [5, 5.41) is -6.07. The summed E-state index contributed by atoms with van der Waals surface area (Å²) in [5.41, 5.74) is 0. The van der Waals surface area contributed by atoms with Gasteiger partial charge in [-0.05, 0) is 0 Å². The molecule has 23 heavy (non-hydrogen) atoms. The van der Waals surface area contributed by atoms with Gasteiger partial charge in [0.1, 0.15) is 5.82 Å². The van der Waals surface area contributed by atoms with E-state index < -0.39 is 73.9 Å². The van der Waals surface area contributed by atoms with Crippen LogP contribution in [-0.2, 0) is 0 Å². The molecule has 3 rings (SSSR count). The zero-order valence-electron chi connectivity index (χ0n) is 10.4. The highest BCUT2D eigenvalue weighted by Crippen LogP contribution is 2.36. The van der Waals surface area contributed by atoms with E-state index >= 15 is 0 Å². The van der Waals surface area contributed by atoms with E-state index in [1.807, 2.05) is 0 Å². The van der Waals surface area contributed by atoms with Crippen LogP contribution in [0.2, 0.25) is 0 Å². The van der Waals surface area contributed by atoms with Crippen molar-refractivity contribution in [3.8, 4) is 0 Å². The van der Waals surface area contributed by atoms with Crippen LogP contribution < -0.4 is 0 Å². The Morgan fingerprint density at radius 1 is 0.348 bits per heavy atom. The Bertz CT molecular complexity index is 929. The maximum atomic E-state index is 14.2. The molecule has 0 atom stereocenters. The second kappa shape index (κ2) is 4.77. The topological polar surface area (TPSA) is 0 Å². The van der Waals surface area contributed by atoms with Gasteiger partial charge in [-0.1, -0.05) is 0 Å². The van der Waals surface area contributed by atoms with Crippen LogP contribution in [0.25, 0.3) is 21.5 Å². The molecule has 0 bridgehead atoms. The van der Waals surface area contributed by atoms with Gasteiger partial charge in [0.05, 0.1) is 10.8 Å². The SMILES string of the molecule is Fc1c(F)c(F)c2c(F)c3c(F)c(F)c(F)c(F)c3[c]c2c1F. The highest BCUT2D eigenvalue weighted by molar-refractivity contribution is 5.99. The smallest absolute Gasteiger partial charge is 0.198 e. The van der Waals surface area contributed by atoms with Crippen molar-refractivity contribution in [2.75, 3.05) is 0 Å². The second-order valence-corrected chi connectivity index (χ2v) is 4.45. The summed E-state index contributed by atoms with van der Waals surface area (Å²) in [6.45, 7) is 0. The number of hydrogen-bond acceptors (Lipinski definition) is 0. The molecule has 0 saturated heterocycles. The highest BCUT2D eigenvalue weighted by Gasteiger charge is 2.29. The van der Waals surface area contributed by atoms with E-state index in [0.29, 0.717) is 0 Å². The molecular weight excluding hydrogens is 339 g/mol. The summed E-state index contributed by atoms with van der Waals surface area (Å²) in [6.07, 6.45) is 0. The van der Waals surface area contributed by atoms with Crippen molar-refractivity contribution in [1.29, 1.82) is 0 Å². The van der Waals surface area contributed by atoms with Crippen LogP contribution >= 0.6 is 0 Å².